The lowest BCUT2D eigenvalue weighted by molar-refractivity contribution is 0.214. The minimum absolute atomic E-state index is 0.795. The molecule has 1 aliphatic heterocycles. The average molecular weight is 266 g/mol. The van der Waals surface area contributed by atoms with Gasteiger partial charge >= 0.3 is 0 Å². The normalized spacial score (nSPS) is 32.1. The van der Waals surface area contributed by atoms with Gasteiger partial charge in [0.2, 0.25) is 0 Å². The quantitative estimate of drug-likeness (QED) is 0.686. The van der Waals surface area contributed by atoms with Crippen LogP contribution in [0.2, 0.25) is 0 Å². The fraction of sp³-hybridized carbons (Fsp3) is 1.00. The van der Waals surface area contributed by atoms with Gasteiger partial charge in [0.05, 0.1) is 0 Å². The molecule has 1 saturated heterocycles. The van der Waals surface area contributed by atoms with Crippen molar-refractivity contribution in [1.82, 2.24) is 10.6 Å². The molecule has 0 bridgehead atoms. The Morgan fingerprint density at radius 2 is 1.89 bits per heavy atom. The summed E-state index contributed by atoms with van der Waals surface area (Å²) in [4.78, 5) is 0. The minimum atomic E-state index is 0.795. The van der Waals surface area contributed by atoms with Crippen LogP contribution in [-0.2, 0) is 0 Å². The molecule has 0 aromatic heterocycles. The van der Waals surface area contributed by atoms with Crippen LogP contribution in [0.15, 0.2) is 0 Å². The first kappa shape index (κ1) is 15.3. The molecule has 0 amide bonds. The zero-order valence-corrected chi connectivity index (χ0v) is 13.1. The number of nitrogens with one attached hydrogen (secondary N) is 2. The molecule has 2 heteroatoms. The van der Waals surface area contributed by atoms with Crippen LogP contribution in [0.4, 0.5) is 0 Å². The summed E-state index contributed by atoms with van der Waals surface area (Å²) in [6, 6.07) is 1.61. The van der Waals surface area contributed by atoms with Crippen LogP contribution in [0.1, 0.15) is 71.6 Å². The topological polar surface area (TPSA) is 24.1 Å². The number of hydrogen-bond acceptors (Lipinski definition) is 2. The first-order valence-corrected chi connectivity index (χ1v) is 8.74. The molecule has 0 aromatic carbocycles. The van der Waals surface area contributed by atoms with Crippen molar-refractivity contribution >= 4 is 0 Å². The van der Waals surface area contributed by atoms with Crippen molar-refractivity contribution < 1.29 is 0 Å². The summed E-state index contributed by atoms with van der Waals surface area (Å²) >= 11 is 0. The second-order valence-electron chi connectivity index (χ2n) is 7.10. The monoisotopic (exact) mass is 266 g/mol. The zero-order chi connectivity index (χ0) is 13.5. The van der Waals surface area contributed by atoms with Gasteiger partial charge in [0, 0.05) is 12.1 Å². The van der Waals surface area contributed by atoms with Crippen molar-refractivity contribution in [3.05, 3.63) is 0 Å². The van der Waals surface area contributed by atoms with Gasteiger partial charge in [-0.15, -0.1) is 0 Å². The van der Waals surface area contributed by atoms with E-state index in [-0.39, 0.29) is 0 Å². The van der Waals surface area contributed by atoms with Crippen LogP contribution in [0.3, 0.4) is 0 Å². The van der Waals surface area contributed by atoms with Crippen molar-refractivity contribution in [1.29, 1.82) is 0 Å². The van der Waals surface area contributed by atoms with Crippen LogP contribution in [0.25, 0.3) is 0 Å². The smallest absolute Gasteiger partial charge is 0.0111 e. The molecule has 2 N–H and O–H groups in total. The van der Waals surface area contributed by atoms with Crippen LogP contribution in [0, 0.1) is 11.8 Å². The van der Waals surface area contributed by atoms with Crippen molar-refractivity contribution in [2.24, 2.45) is 11.8 Å². The van der Waals surface area contributed by atoms with Gasteiger partial charge in [-0.2, -0.15) is 0 Å². The predicted molar refractivity (Wildman–Crippen MR) is 83.5 cm³/mol. The van der Waals surface area contributed by atoms with Gasteiger partial charge in [-0.05, 0) is 57.0 Å². The molecular weight excluding hydrogens is 232 g/mol. The molecule has 0 spiro atoms. The summed E-state index contributed by atoms with van der Waals surface area (Å²) in [5.41, 5.74) is 0. The van der Waals surface area contributed by atoms with E-state index < -0.39 is 0 Å². The molecule has 112 valence electrons. The first-order chi connectivity index (χ1) is 9.27. The Morgan fingerprint density at radius 3 is 2.63 bits per heavy atom. The van der Waals surface area contributed by atoms with Crippen molar-refractivity contribution in [2.45, 2.75) is 83.7 Å². The highest BCUT2D eigenvalue weighted by Gasteiger charge is 2.32. The van der Waals surface area contributed by atoms with Gasteiger partial charge in [-0.1, -0.05) is 39.5 Å². The van der Waals surface area contributed by atoms with E-state index in [0.29, 0.717) is 0 Å². The summed E-state index contributed by atoms with van der Waals surface area (Å²) in [6.45, 7) is 7.15. The van der Waals surface area contributed by atoms with Crippen LogP contribution in [-0.4, -0.2) is 25.2 Å². The molecule has 0 radical (unpaired) electrons. The highest BCUT2D eigenvalue weighted by atomic mass is 15.0. The van der Waals surface area contributed by atoms with Gasteiger partial charge in [0.25, 0.3) is 0 Å². The summed E-state index contributed by atoms with van der Waals surface area (Å²) in [6.07, 6.45) is 12.7. The van der Waals surface area contributed by atoms with Crippen LogP contribution in [0.5, 0.6) is 0 Å². The molecular formula is C17H34N2. The predicted octanol–water partition coefficient (Wildman–Crippen LogP) is 3.71. The average Bonchev–Trinajstić information content (AvgIpc) is 2.92. The van der Waals surface area contributed by atoms with E-state index >= 15 is 0 Å². The maximum absolute atomic E-state index is 3.88. The third-order valence-corrected chi connectivity index (χ3v) is 5.05. The maximum Gasteiger partial charge on any atom is 0.0111 e. The van der Waals surface area contributed by atoms with Crippen molar-refractivity contribution in [2.75, 3.05) is 13.1 Å². The van der Waals surface area contributed by atoms with E-state index in [4.69, 9.17) is 0 Å². The zero-order valence-electron chi connectivity index (χ0n) is 13.1. The van der Waals surface area contributed by atoms with Gasteiger partial charge in [-0.25, -0.2) is 0 Å². The molecule has 2 aliphatic rings. The number of rotatable bonds is 7. The lowest BCUT2D eigenvalue weighted by atomic mass is 9.79. The van der Waals surface area contributed by atoms with Crippen LogP contribution >= 0.6 is 0 Å². The fourth-order valence-corrected chi connectivity index (χ4v) is 3.94. The van der Waals surface area contributed by atoms with E-state index in [1.807, 2.05) is 0 Å². The Kier molecular flexibility index (Phi) is 6.66. The fourth-order valence-electron chi connectivity index (χ4n) is 3.94. The van der Waals surface area contributed by atoms with Gasteiger partial charge in [0.15, 0.2) is 0 Å². The standard InChI is InChI=1S/C17H34N2/c1-14(2)8-5-6-12-18-16-10-4-3-9-15(16)17-11-7-13-19-17/h14-19H,3-13H2,1-2H3. The second-order valence-corrected chi connectivity index (χ2v) is 7.10. The molecule has 1 saturated carbocycles. The summed E-state index contributed by atoms with van der Waals surface area (Å²) < 4.78 is 0. The Labute approximate surface area is 120 Å². The van der Waals surface area contributed by atoms with Crippen molar-refractivity contribution in [3.8, 4) is 0 Å². The van der Waals surface area contributed by atoms with E-state index in [2.05, 4.69) is 24.5 Å². The third-order valence-electron chi connectivity index (χ3n) is 5.05. The summed E-state index contributed by atoms with van der Waals surface area (Å²) in [7, 11) is 0. The Hall–Kier alpha value is -0.0800. The molecule has 2 fully saturated rings. The lowest BCUT2D eigenvalue weighted by Crippen LogP contribution is -2.47. The van der Waals surface area contributed by atoms with Gasteiger partial charge in [0.1, 0.15) is 0 Å². The summed E-state index contributed by atoms with van der Waals surface area (Å²) in [5.74, 6) is 1.77. The highest BCUT2D eigenvalue weighted by Crippen LogP contribution is 2.30. The van der Waals surface area contributed by atoms with E-state index in [9.17, 15) is 0 Å². The van der Waals surface area contributed by atoms with Crippen molar-refractivity contribution in [3.63, 3.8) is 0 Å². The van der Waals surface area contributed by atoms with Gasteiger partial charge < -0.3 is 10.6 Å². The van der Waals surface area contributed by atoms with Crippen LogP contribution < -0.4 is 10.6 Å². The first-order valence-electron chi connectivity index (χ1n) is 8.74. The minimum Gasteiger partial charge on any atom is -0.314 e. The molecule has 1 aliphatic carbocycles. The third kappa shape index (κ3) is 5.07. The molecule has 0 aromatic rings. The summed E-state index contributed by atoms with van der Waals surface area (Å²) in [5, 5.41) is 7.62. The molecule has 3 unspecified atom stereocenters. The van der Waals surface area contributed by atoms with Gasteiger partial charge in [-0.3, -0.25) is 0 Å². The van der Waals surface area contributed by atoms with E-state index in [0.717, 1.165) is 23.9 Å². The molecule has 19 heavy (non-hydrogen) atoms. The molecule has 3 atom stereocenters. The number of unbranched alkanes of at least 4 members (excludes halogenated alkanes) is 1. The lowest BCUT2D eigenvalue weighted by Gasteiger charge is -2.36. The highest BCUT2D eigenvalue weighted by molar-refractivity contribution is 4.91. The van der Waals surface area contributed by atoms with E-state index in [1.165, 1.54) is 70.9 Å². The Morgan fingerprint density at radius 1 is 1.05 bits per heavy atom. The Bertz CT molecular complexity index is 233. The maximum atomic E-state index is 3.88. The van der Waals surface area contributed by atoms with E-state index in [1.54, 1.807) is 0 Å². The molecule has 2 nitrogen and oxygen atoms in total. The molecule has 1 heterocycles. The SMILES string of the molecule is CC(C)CCCCNC1CCCCC1C1CCCN1. The molecule has 2 rings (SSSR count). The number of hydrogen-bond donors (Lipinski definition) is 2. The second kappa shape index (κ2) is 8.26. The Balaban J connectivity index is 1.67. The largest absolute Gasteiger partial charge is 0.314 e.